The summed E-state index contributed by atoms with van der Waals surface area (Å²) in [6.45, 7) is 2.97. The van der Waals surface area contributed by atoms with Gasteiger partial charge in [0.25, 0.3) is 0 Å². The third-order valence-electron chi connectivity index (χ3n) is 4.09. The van der Waals surface area contributed by atoms with E-state index in [1.165, 1.54) is 16.3 Å². The van der Waals surface area contributed by atoms with Crippen LogP contribution in [0.5, 0.6) is 0 Å². The van der Waals surface area contributed by atoms with Gasteiger partial charge in [-0.3, -0.25) is 0 Å². The summed E-state index contributed by atoms with van der Waals surface area (Å²) in [5.41, 5.74) is 2.28. The van der Waals surface area contributed by atoms with Crippen molar-refractivity contribution in [2.45, 2.75) is 13.0 Å². The molecule has 0 aliphatic carbocycles. The lowest BCUT2D eigenvalue weighted by Crippen LogP contribution is -2.18. The van der Waals surface area contributed by atoms with Crippen LogP contribution in [0.4, 0.5) is 0 Å². The van der Waals surface area contributed by atoms with E-state index in [9.17, 15) is 0 Å². The number of allylic oxidation sites excluding steroid dienone is 1. The lowest BCUT2D eigenvalue weighted by atomic mass is 10.00. The largest absolute Gasteiger partial charge is 0.307 e. The lowest BCUT2D eigenvalue weighted by molar-refractivity contribution is 0.621. The molecule has 0 bridgehead atoms. The number of nitrogens with one attached hydrogen (secondary N) is 1. The molecule has 0 spiro atoms. The molecule has 2 heteroatoms. The quantitative estimate of drug-likeness (QED) is 0.593. The number of fused-ring (bicyclic) bond motifs is 1. The maximum atomic E-state index is 5.86. The molecule has 0 fully saturated rings. The maximum absolute atomic E-state index is 5.86. The zero-order valence-corrected chi connectivity index (χ0v) is 14.9. The fourth-order valence-electron chi connectivity index (χ4n) is 2.76. The van der Waals surface area contributed by atoms with Crippen LogP contribution in [0, 0.1) is 11.8 Å². The molecule has 124 valence electrons. The SMILES string of the molecule is CC(NC/C=C/C#Cc1ccc(Cl)cc1)c1cccc2ccccc12. The minimum atomic E-state index is 0.278. The molecule has 0 aliphatic rings. The third kappa shape index (κ3) is 4.73. The summed E-state index contributed by atoms with van der Waals surface area (Å²) >= 11 is 5.86. The second kappa shape index (κ2) is 8.53. The van der Waals surface area contributed by atoms with Gasteiger partial charge in [-0.1, -0.05) is 72.0 Å². The first kappa shape index (κ1) is 17.3. The second-order valence-corrected chi connectivity index (χ2v) is 6.31. The van der Waals surface area contributed by atoms with Crippen molar-refractivity contribution < 1.29 is 0 Å². The Bertz CT molecular complexity index is 924. The summed E-state index contributed by atoms with van der Waals surface area (Å²) in [7, 11) is 0. The fourth-order valence-corrected chi connectivity index (χ4v) is 2.88. The molecule has 3 aromatic carbocycles. The normalized spacial score (nSPS) is 12.1. The molecule has 1 nitrogen and oxygen atoms in total. The summed E-state index contributed by atoms with van der Waals surface area (Å²) < 4.78 is 0. The number of rotatable bonds is 4. The van der Waals surface area contributed by atoms with Crippen LogP contribution in [0.15, 0.2) is 78.9 Å². The summed E-state index contributed by atoms with van der Waals surface area (Å²) in [5, 5.41) is 6.83. The van der Waals surface area contributed by atoms with Gasteiger partial charge in [-0.05, 0) is 53.6 Å². The van der Waals surface area contributed by atoms with Gasteiger partial charge in [0.15, 0.2) is 0 Å². The van der Waals surface area contributed by atoms with E-state index in [4.69, 9.17) is 11.6 Å². The minimum Gasteiger partial charge on any atom is -0.307 e. The van der Waals surface area contributed by atoms with Crippen LogP contribution in [-0.4, -0.2) is 6.54 Å². The molecule has 0 amide bonds. The molecular formula is C23H20ClN. The van der Waals surface area contributed by atoms with Crippen LogP contribution >= 0.6 is 11.6 Å². The van der Waals surface area contributed by atoms with Crippen LogP contribution < -0.4 is 5.32 Å². The second-order valence-electron chi connectivity index (χ2n) is 5.88. The molecule has 0 heterocycles. The average Bonchev–Trinajstić information content (AvgIpc) is 2.65. The monoisotopic (exact) mass is 345 g/mol. The Morgan fingerprint density at radius 2 is 1.76 bits per heavy atom. The van der Waals surface area contributed by atoms with Crippen LogP contribution in [0.3, 0.4) is 0 Å². The van der Waals surface area contributed by atoms with Gasteiger partial charge in [0.2, 0.25) is 0 Å². The predicted octanol–water partition coefficient (Wildman–Crippen LogP) is 5.75. The van der Waals surface area contributed by atoms with Gasteiger partial charge < -0.3 is 5.32 Å². The van der Waals surface area contributed by atoms with Gasteiger partial charge in [0.05, 0.1) is 0 Å². The molecule has 1 unspecified atom stereocenters. The Balaban J connectivity index is 1.57. The highest BCUT2D eigenvalue weighted by molar-refractivity contribution is 6.30. The molecule has 0 aromatic heterocycles. The highest BCUT2D eigenvalue weighted by Gasteiger charge is 2.07. The van der Waals surface area contributed by atoms with E-state index >= 15 is 0 Å². The van der Waals surface area contributed by atoms with E-state index < -0.39 is 0 Å². The summed E-state index contributed by atoms with van der Waals surface area (Å²) in [6, 6.07) is 22.8. The Hall–Kier alpha value is -2.53. The minimum absolute atomic E-state index is 0.278. The Morgan fingerprint density at radius 1 is 1.00 bits per heavy atom. The van der Waals surface area contributed by atoms with Gasteiger partial charge in [0.1, 0.15) is 0 Å². The lowest BCUT2D eigenvalue weighted by Gasteiger charge is -2.15. The van der Waals surface area contributed by atoms with E-state index in [1.54, 1.807) is 0 Å². The van der Waals surface area contributed by atoms with Crippen molar-refractivity contribution in [3.05, 3.63) is 95.0 Å². The first-order valence-electron chi connectivity index (χ1n) is 8.37. The van der Waals surface area contributed by atoms with Gasteiger partial charge >= 0.3 is 0 Å². The zero-order chi connectivity index (χ0) is 17.5. The molecule has 1 N–H and O–H groups in total. The topological polar surface area (TPSA) is 12.0 Å². The van der Waals surface area contributed by atoms with Crippen molar-refractivity contribution >= 4 is 22.4 Å². The average molecular weight is 346 g/mol. The molecule has 25 heavy (non-hydrogen) atoms. The molecular weight excluding hydrogens is 326 g/mol. The Kier molecular flexibility index (Phi) is 5.90. The number of benzene rings is 3. The van der Waals surface area contributed by atoms with Crippen LogP contribution in [-0.2, 0) is 0 Å². The molecule has 0 saturated heterocycles. The van der Waals surface area contributed by atoms with E-state index in [1.807, 2.05) is 36.4 Å². The molecule has 3 aromatic rings. The molecule has 0 saturated carbocycles. The highest BCUT2D eigenvalue weighted by Crippen LogP contribution is 2.23. The third-order valence-corrected chi connectivity index (χ3v) is 4.35. The highest BCUT2D eigenvalue weighted by atomic mass is 35.5. The number of halogens is 1. The van der Waals surface area contributed by atoms with Crippen molar-refractivity contribution in [1.29, 1.82) is 0 Å². The zero-order valence-electron chi connectivity index (χ0n) is 14.2. The Morgan fingerprint density at radius 3 is 2.60 bits per heavy atom. The van der Waals surface area contributed by atoms with E-state index in [0.717, 1.165) is 17.1 Å². The van der Waals surface area contributed by atoms with Crippen molar-refractivity contribution in [3.63, 3.8) is 0 Å². The van der Waals surface area contributed by atoms with Crippen molar-refractivity contribution in [2.75, 3.05) is 6.54 Å². The van der Waals surface area contributed by atoms with Gasteiger partial charge in [-0.2, -0.15) is 0 Å². The fraction of sp³-hybridized carbons (Fsp3) is 0.130. The first-order chi connectivity index (χ1) is 12.2. The standard InChI is InChI=1S/C23H20ClN/c1-18(22-12-7-10-20-9-4-5-11-23(20)22)25-17-6-2-3-8-19-13-15-21(24)16-14-19/h2,4-7,9-16,18,25H,17H2,1H3/b6-2+. The van der Waals surface area contributed by atoms with Crippen molar-refractivity contribution in [3.8, 4) is 11.8 Å². The summed E-state index contributed by atoms with van der Waals surface area (Å²) in [6.07, 6.45) is 3.93. The van der Waals surface area contributed by atoms with Gasteiger partial charge in [-0.25, -0.2) is 0 Å². The molecule has 0 aliphatic heterocycles. The van der Waals surface area contributed by atoms with E-state index in [2.05, 4.69) is 66.5 Å². The van der Waals surface area contributed by atoms with Crippen LogP contribution in [0.2, 0.25) is 5.02 Å². The maximum Gasteiger partial charge on any atom is 0.0406 e. The Labute approximate surface area is 154 Å². The van der Waals surface area contributed by atoms with Gasteiger partial charge in [0, 0.05) is 23.2 Å². The van der Waals surface area contributed by atoms with E-state index in [0.29, 0.717) is 0 Å². The summed E-state index contributed by atoms with van der Waals surface area (Å²) in [4.78, 5) is 0. The molecule has 3 rings (SSSR count). The number of hydrogen-bond donors (Lipinski definition) is 1. The molecule has 0 radical (unpaired) electrons. The van der Waals surface area contributed by atoms with Crippen LogP contribution in [0.25, 0.3) is 10.8 Å². The van der Waals surface area contributed by atoms with Crippen molar-refractivity contribution in [2.24, 2.45) is 0 Å². The smallest absolute Gasteiger partial charge is 0.0406 e. The van der Waals surface area contributed by atoms with E-state index in [-0.39, 0.29) is 6.04 Å². The molecule has 1 atom stereocenters. The van der Waals surface area contributed by atoms with Crippen LogP contribution in [0.1, 0.15) is 24.1 Å². The summed E-state index contributed by atoms with van der Waals surface area (Å²) in [5.74, 6) is 6.14. The predicted molar refractivity (Wildman–Crippen MR) is 108 cm³/mol. The van der Waals surface area contributed by atoms with Gasteiger partial charge in [-0.15, -0.1) is 0 Å². The van der Waals surface area contributed by atoms with Crippen molar-refractivity contribution in [1.82, 2.24) is 5.32 Å². The number of hydrogen-bond acceptors (Lipinski definition) is 1. The first-order valence-corrected chi connectivity index (χ1v) is 8.75.